The highest BCUT2D eigenvalue weighted by atomic mass is 127. The molecule has 100 valence electrons. The van der Waals surface area contributed by atoms with Gasteiger partial charge in [0.1, 0.15) is 0 Å². The van der Waals surface area contributed by atoms with Crippen molar-refractivity contribution >= 4 is 38.5 Å². The Morgan fingerprint density at radius 2 is 1.53 bits per heavy atom. The van der Waals surface area contributed by atoms with Gasteiger partial charge >= 0.3 is 0 Å². The molecule has 1 unspecified atom stereocenters. The van der Waals surface area contributed by atoms with Crippen LogP contribution in [0.1, 0.15) is 42.3 Å². The first-order valence-electron chi connectivity index (χ1n) is 6.38. The van der Waals surface area contributed by atoms with Crippen molar-refractivity contribution in [2.75, 3.05) is 0 Å². The zero-order valence-electron chi connectivity index (χ0n) is 11.5. The van der Waals surface area contributed by atoms with E-state index in [1.807, 2.05) is 0 Å². The van der Waals surface area contributed by atoms with Crippen molar-refractivity contribution in [2.45, 2.75) is 31.0 Å². The van der Waals surface area contributed by atoms with Crippen LogP contribution in [0.4, 0.5) is 0 Å². The first-order chi connectivity index (χ1) is 8.89. The lowest BCUT2D eigenvalue weighted by molar-refractivity contribution is 0.590. The SMILES string of the molecule is CC(C)(C)c1ccc(C(Br)c2ccccc2I)cc1. The van der Waals surface area contributed by atoms with E-state index in [4.69, 9.17) is 0 Å². The minimum atomic E-state index is 0.210. The molecule has 0 N–H and O–H groups in total. The Morgan fingerprint density at radius 3 is 2.05 bits per heavy atom. The summed E-state index contributed by atoms with van der Waals surface area (Å²) in [6.45, 7) is 6.73. The fraction of sp³-hybridized carbons (Fsp3) is 0.294. The zero-order chi connectivity index (χ0) is 14.0. The Labute approximate surface area is 137 Å². The quantitative estimate of drug-likeness (QED) is 0.402. The van der Waals surface area contributed by atoms with Gasteiger partial charge in [0.2, 0.25) is 0 Å². The van der Waals surface area contributed by atoms with E-state index in [1.165, 1.54) is 20.3 Å². The molecule has 0 radical (unpaired) electrons. The number of rotatable bonds is 2. The molecule has 0 aliphatic rings. The summed E-state index contributed by atoms with van der Waals surface area (Å²) in [5.41, 5.74) is 4.21. The summed E-state index contributed by atoms with van der Waals surface area (Å²) in [5.74, 6) is 0. The van der Waals surface area contributed by atoms with Crippen LogP contribution in [0.25, 0.3) is 0 Å². The molecule has 0 fully saturated rings. The van der Waals surface area contributed by atoms with E-state index in [0.29, 0.717) is 0 Å². The minimum Gasteiger partial charge on any atom is -0.0786 e. The Balaban J connectivity index is 2.31. The molecule has 0 saturated heterocycles. The van der Waals surface area contributed by atoms with Gasteiger partial charge < -0.3 is 0 Å². The maximum atomic E-state index is 3.82. The highest BCUT2D eigenvalue weighted by Gasteiger charge is 2.16. The lowest BCUT2D eigenvalue weighted by atomic mass is 9.86. The van der Waals surface area contributed by atoms with E-state index in [1.54, 1.807) is 0 Å². The molecule has 0 aliphatic heterocycles. The number of benzene rings is 2. The first-order valence-corrected chi connectivity index (χ1v) is 8.38. The van der Waals surface area contributed by atoms with Gasteiger partial charge in [0, 0.05) is 3.57 Å². The van der Waals surface area contributed by atoms with Gasteiger partial charge in [-0.05, 0) is 50.8 Å². The molecule has 0 aliphatic carbocycles. The van der Waals surface area contributed by atoms with Gasteiger partial charge in [-0.1, -0.05) is 79.2 Å². The van der Waals surface area contributed by atoms with Crippen molar-refractivity contribution in [3.63, 3.8) is 0 Å². The average Bonchev–Trinajstić information content (AvgIpc) is 2.38. The van der Waals surface area contributed by atoms with Gasteiger partial charge in [-0.3, -0.25) is 0 Å². The van der Waals surface area contributed by atoms with Crippen LogP contribution in [0.5, 0.6) is 0 Å². The lowest BCUT2D eigenvalue weighted by Crippen LogP contribution is -2.10. The van der Waals surface area contributed by atoms with Gasteiger partial charge in [-0.25, -0.2) is 0 Å². The summed E-state index contributed by atoms with van der Waals surface area (Å²) in [5, 5.41) is 0. The summed E-state index contributed by atoms with van der Waals surface area (Å²) >= 11 is 6.21. The van der Waals surface area contributed by atoms with Crippen LogP contribution < -0.4 is 0 Å². The highest BCUT2D eigenvalue weighted by Crippen LogP contribution is 2.34. The standard InChI is InChI=1S/C17H18BrI/c1-17(2,3)13-10-8-12(9-11-13)16(18)14-6-4-5-7-15(14)19/h4-11,16H,1-3H3. The van der Waals surface area contributed by atoms with Crippen LogP contribution in [0.15, 0.2) is 48.5 Å². The third-order valence-electron chi connectivity index (χ3n) is 3.25. The molecule has 0 saturated carbocycles. The highest BCUT2D eigenvalue weighted by molar-refractivity contribution is 14.1. The van der Waals surface area contributed by atoms with Gasteiger partial charge in [-0.15, -0.1) is 0 Å². The normalized spacial score (nSPS) is 13.3. The molecule has 0 amide bonds. The minimum absolute atomic E-state index is 0.210. The fourth-order valence-electron chi connectivity index (χ4n) is 2.01. The predicted molar refractivity (Wildman–Crippen MR) is 95.1 cm³/mol. The smallest absolute Gasteiger partial charge is 0.0654 e. The third-order valence-corrected chi connectivity index (χ3v) is 5.25. The second kappa shape index (κ2) is 5.96. The molecular weight excluding hydrogens is 411 g/mol. The number of hydrogen-bond donors (Lipinski definition) is 0. The third kappa shape index (κ3) is 3.60. The van der Waals surface area contributed by atoms with E-state index in [9.17, 15) is 0 Å². The lowest BCUT2D eigenvalue weighted by Gasteiger charge is -2.20. The van der Waals surface area contributed by atoms with Gasteiger partial charge in [0.15, 0.2) is 0 Å². The van der Waals surface area contributed by atoms with Gasteiger partial charge in [-0.2, -0.15) is 0 Å². The molecule has 1 atom stereocenters. The summed E-state index contributed by atoms with van der Waals surface area (Å²) in [6, 6.07) is 17.4. The van der Waals surface area contributed by atoms with Crippen LogP contribution in [0.2, 0.25) is 0 Å². The Morgan fingerprint density at radius 1 is 0.947 bits per heavy atom. The largest absolute Gasteiger partial charge is 0.0786 e. The second-order valence-electron chi connectivity index (χ2n) is 5.76. The van der Waals surface area contributed by atoms with Crippen molar-refractivity contribution in [1.29, 1.82) is 0 Å². The van der Waals surface area contributed by atoms with Gasteiger partial charge in [0.05, 0.1) is 4.83 Å². The summed E-state index contributed by atoms with van der Waals surface area (Å²) in [4.78, 5) is 0.259. The van der Waals surface area contributed by atoms with Crippen LogP contribution in [-0.4, -0.2) is 0 Å². The van der Waals surface area contributed by atoms with Crippen LogP contribution in [-0.2, 0) is 5.41 Å². The van der Waals surface area contributed by atoms with Crippen molar-refractivity contribution < 1.29 is 0 Å². The Kier molecular flexibility index (Phi) is 4.72. The van der Waals surface area contributed by atoms with Gasteiger partial charge in [0.25, 0.3) is 0 Å². The van der Waals surface area contributed by atoms with Crippen molar-refractivity contribution in [3.05, 3.63) is 68.8 Å². The predicted octanol–water partition coefficient (Wildman–Crippen LogP) is 6.07. The topological polar surface area (TPSA) is 0 Å². The molecule has 2 aromatic carbocycles. The van der Waals surface area contributed by atoms with Crippen LogP contribution in [0, 0.1) is 3.57 Å². The Bertz CT molecular complexity index is 552. The second-order valence-corrected chi connectivity index (χ2v) is 7.83. The molecule has 0 bridgehead atoms. The summed E-state index contributed by atoms with van der Waals surface area (Å²) in [6.07, 6.45) is 0. The van der Waals surface area contributed by atoms with Crippen LogP contribution in [0.3, 0.4) is 0 Å². The maximum absolute atomic E-state index is 3.82. The maximum Gasteiger partial charge on any atom is 0.0654 e. The molecule has 0 heterocycles. The van der Waals surface area contributed by atoms with Crippen LogP contribution >= 0.6 is 38.5 Å². The molecule has 2 heteroatoms. The number of hydrogen-bond acceptors (Lipinski definition) is 0. The zero-order valence-corrected chi connectivity index (χ0v) is 15.2. The molecule has 2 rings (SSSR count). The molecule has 0 spiro atoms. The molecule has 2 aromatic rings. The van der Waals surface area contributed by atoms with E-state index in [0.717, 1.165) is 0 Å². The number of alkyl halides is 1. The molecule has 19 heavy (non-hydrogen) atoms. The first kappa shape index (κ1) is 15.0. The average molecular weight is 429 g/mol. The van der Waals surface area contributed by atoms with Crippen molar-refractivity contribution in [2.24, 2.45) is 0 Å². The van der Waals surface area contributed by atoms with E-state index < -0.39 is 0 Å². The molecule has 0 aromatic heterocycles. The van der Waals surface area contributed by atoms with E-state index >= 15 is 0 Å². The van der Waals surface area contributed by atoms with Crippen molar-refractivity contribution in [1.82, 2.24) is 0 Å². The fourth-order valence-corrected chi connectivity index (χ4v) is 3.84. The Hall–Kier alpha value is -0.350. The molecular formula is C17H18BrI. The number of halogens is 2. The van der Waals surface area contributed by atoms with Crippen molar-refractivity contribution in [3.8, 4) is 0 Å². The molecule has 0 nitrogen and oxygen atoms in total. The monoisotopic (exact) mass is 428 g/mol. The summed E-state index contributed by atoms with van der Waals surface area (Å²) in [7, 11) is 0. The van der Waals surface area contributed by atoms with E-state index in [-0.39, 0.29) is 10.2 Å². The summed E-state index contributed by atoms with van der Waals surface area (Å²) < 4.78 is 1.29. The van der Waals surface area contributed by atoms with E-state index in [2.05, 4.69) is 108 Å².